The number of fused-ring (bicyclic) bond motifs is 1. The van der Waals surface area contributed by atoms with Crippen LogP contribution in [0.3, 0.4) is 0 Å². The molecule has 1 heterocycles. The van der Waals surface area contributed by atoms with Crippen molar-refractivity contribution in [1.29, 1.82) is 0 Å². The molecule has 0 atom stereocenters. The third kappa shape index (κ3) is 4.49. The van der Waals surface area contributed by atoms with Crippen LogP contribution in [0.15, 0.2) is 59.4 Å². The predicted octanol–water partition coefficient (Wildman–Crippen LogP) is 4.04. The van der Waals surface area contributed by atoms with Gasteiger partial charge in [0.25, 0.3) is 5.91 Å². The summed E-state index contributed by atoms with van der Waals surface area (Å²) in [4.78, 5) is 21.4. The van der Waals surface area contributed by atoms with Gasteiger partial charge in [0.05, 0.1) is 12.1 Å². The molecular formula is C26H29N5O. The van der Waals surface area contributed by atoms with Crippen molar-refractivity contribution >= 4 is 28.7 Å². The minimum absolute atomic E-state index is 0.250. The van der Waals surface area contributed by atoms with Crippen molar-refractivity contribution in [2.45, 2.75) is 45.7 Å². The number of amides is 1. The largest absolute Gasteiger partial charge is 0.404 e. The summed E-state index contributed by atoms with van der Waals surface area (Å²) in [6.07, 6.45) is 7.06. The number of nitrogens with zero attached hydrogens (tertiary/aromatic N) is 2. The number of nitrogens with two attached hydrogens (primary N) is 2. The van der Waals surface area contributed by atoms with Gasteiger partial charge in [0.1, 0.15) is 5.82 Å². The number of hydrogen-bond donors (Lipinski definition) is 3. The molecule has 164 valence electrons. The van der Waals surface area contributed by atoms with Crippen LogP contribution in [0, 0.1) is 13.8 Å². The fraction of sp³-hybridized carbons (Fsp3) is 0.269. The van der Waals surface area contributed by atoms with Gasteiger partial charge in [-0.05, 0) is 77.9 Å². The molecule has 1 saturated carbocycles. The van der Waals surface area contributed by atoms with E-state index in [9.17, 15) is 4.79 Å². The summed E-state index contributed by atoms with van der Waals surface area (Å²) < 4.78 is 0. The molecule has 5 N–H and O–H groups in total. The maximum Gasteiger partial charge on any atom is 0.254 e. The van der Waals surface area contributed by atoms with Gasteiger partial charge in [-0.15, -0.1) is 0 Å². The molecule has 6 heteroatoms. The van der Waals surface area contributed by atoms with Crippen molar-refractivity contribution in [1.82, 2.24) is 10.3 Å². The second kappa shape index (κ2) is 9.22. The predicted molar refractivity (Wildman–Crippen MR) is 130 cm³/mol. The van der Waals surface area contributed by atoms with Gasteiger partial charge in [-0.2, -0.15) is 0 Å². The number of benzene rings is 2. The Kier molecular flexibility index (Phi) is 6.21. The standard InChI is InChI=1S/C26H29N5O/c1-16-11-23-21(9-10-30-25(23)28)17(2)24(16)15-31-26(32)20(12-27)14-29-13-19-5-3-4-6-22(19)18-7-8-18/h3-6,9-12,14,18H,7-8,13,15,27H2,1-2H3,(H2,28,30)(H,31,32)/b20-12+,29-14?. The number of carbonyl (C=O) groups is 1. The SMILES string of the molecule is Cc1cc2c(N)nccc2c(C)c1CNC(=O)/C(C=NCc1ccccc1C1CC1)=C/N. The molecule has 4 rings (SSSR count). The first-order valence-electron chi connectivity index (χ1n) is 10.9. The summed E-state index contributed by atoms with van der Waals surface area (Å²) in [5.41, 5.74) is 17.9. The van der Waals surface area contributed by atoms with Crippen LogP contribution in [-0.4, -0.2) is 17.1 Å². The zero-order valence-corrected chi connectivity index (χ0v) is 18.6. The van der Waals surface area contributed by atoms with E-state index < -0.39 is 0 Å². The minimum Gasteiger partial charge on any atom is -0.404 e. The monoisotopic (exact) mass is 427 g/mol. The Balaban J connectivity index is 1.44. The third-order valence-corrected chi connectivity index (χ3v) is 6.15. The highest BCUT2D eigenvalue weighted by Crippen LogP contribution is 2.41. The summed E-state index contributed by atoms with van der Waals surface area (Å²) in [6, 6.07) is 12.3. The molecule has 6 nitrogen and oxygen atoms in total. The highest BCUT2D eigenvalue weighted by molar-refractivity contribution is 6.12. The highest BCUT2D eigenvalue weighted by Gasteiger charge is 2.25. The number of pyridine rings is 1. The van der Waals surface area contributed by atoms with Crippen molar-refractivity contribution in [3.8, 4) is 0 Å². The number of carbonyl (C=O) groups excluding carboxylic acids is 1. The fourth-order valence-corrected chi connectivity index (χ4v) is 4.16. The van der Waals surface area contributed by atoms with Crippen molar-refractivity contribution in [2.75, 3.05) is 5.73 Å². The Morgan fingerprint density at radius 1 is 1.22 bits per heavy atom. The summed E-state index contributed by atoms with van der Waals surface area (Å²) in [5, 5.41) is 4.94. The molecule has 1 aliphatic carbocycles. The molecule has 1 aliphatic rings. The average Bonchev–Trinajstić information content (AvgIpc) is 3.63. The van der Waals surface area contributed by atoms with Gasteiger partial charge in [0.2, 0.25) is 0 Å². The molecular weight excluding hydrogens is 398 g/mol. The number of anilines is 1. The van der Waals surface area contributed by atoms with Gasteiger partial charge in [-0.3, -0.25) is 9.79 Å². The number of aryl methyl sites for hydroxylation is 2. The van der Waals surface area contributed by atoms with E-state index in [1.807, 2.05) is 32.0 Å². The van der Waals surface area contributed by atoms with E-state index >= 15 is 0 Å². The Labute approximate surface area is 188 Å². The summed E-state index contributed by atoms with van der Waals surface area (Å²) in [5.74, 6) is 0.922. The summed E-state index contributed by atoms with van der Waals surface area (Å²) in [7, 11) is 0. The molecule has 1 fully saturated rings. The van der Waals surface area contributed by atoms with E-state index in [1.165, 1.54) is 30.2 Å². The number of rotatable bonds is 7. The Hall–Kier alpha value is -3.67. The first-order chi connectivity index (χ1) is 15.5. The number of aromatic nitrogens is 1. The van der Waals surface area contributed by atoms with Crippen molar-refractivity contribution < 1.29 is 4.79 Å². The minimum atomic E-state index is -0.250. The van der Waals surface area contributed by atoms with Crippen molar-refractivity contribution in [2.24, 2.45) is 10.7 Å². The van der Waals surface area contributed by atoms with Crippen LogP contribution < -0.4 is 16.8 Å². The maximum atomic E-state index is 12.7. The zero-order chi connectivity index (χ0) is 22.7. The highest BCUT2D eigenvalue weighted by atomic mass is 16.1. The van der Waals surface area contributed by atoms with Gasteiger partial charge < -0.3 is 16.8 Å². The first kappa shape index (κ1) is 21.6. The lowest BCUT2D eigenvalue weighted by molar-refractivity contribution is -0.117. The van der Waals surface area contributed by atoms with Gasteiger partial charge >= 0.3 is 0 Å². The molecule has 32 heavy (non-hydrogen) atoms. The van der Waals surface area contributed by atoms with Gasteiger partial charge in [-0.1, -0.05) is 24.3 Å². The molecule has 0 radical (unpaired) electrons. The van der Waals surface area contributed by atoms with Gasteiger partial charge in [0.15, 0.2) is 0 Å². The molecule has 0 spiro atoms. The lowest BCUT2D eigenvalue weighted by Crippen LogP contribution is -2.26. The average molecular weight is 428 g/mol. The van der Waals surface area contributed by atoms with E-state index in [0.717, 1.165) is 27.5 Å². The maximum absolute atomic E-state index is 12.7. The molecule has 0 bridgehead atoms. The topological polar surface area (TPSA) is 106 Å². The van der Waals surface area contributed by atoms with Crippen LogP contribution in [0.2, 0.25) is 0 Å². The lowest BCUT2D eigenvalue weighted by Gasteiger charge is -2.15. The third-order valence-electron chi connectivity index (χ3n) is 6.15. The van der Waals surface area contributed by atoms with E-state index in [0.29, 0.717) is 30.4 Å². The number of aliphatic imine (C=N–C) groups is 1. The number of nitrogen functional groups attached to an aromatic ring is 1. The van der Waals surface area contributed by atoms with Crippen molar-refractivity contribution in [3.05, 3.63) is 82.2 Å². The molecule has 1 amide bonds. The van der Waals surface area contributed by atoms with E-state index in [-0.39, 0.29) is 5.91 Å². The van der Waals surface area contributed by atoms with Crippen molar-refractivity contribution in [3.63, 3.8) is 0 Å². The van der Waals surface area contributed by atoms with E-state index in [2.05, 4.69) is 33.5 Å². The zero-order valence-electron chi connectivity index (χ0n) is 18.6. The lowest BCUT2D eigenvalue weighted by atomic mass is 9.96. The Morgan fingerprint density at radius 2 is 2.00 bits per heavy atom. The number of hydrogen-bond acceptors (Lipinski definition) is 5. The van der Waals surface area contributed by atoms with Crippen LogP contribution in [-0.2, 0) is 17.9 Å². The van der Waals surface area contributed by atoms with Crippen LogP contribution >= 0.6 is 0 Å². The van der Waals surface area contributed by atoms with Gasteiger partial charge in [-0.25, -0.2) is 4.98 Å². The van der Waals surface area contributed by atoms with E-state index in [1.54, 1.807) is 12.4 Å². The van der Waals surface area contributed by atoms with Crippen LogP contribution in [0.4, 0.5) is 5.82 Å². The summed E-state index contributed by atoms with van der Waals surface area (Å²) >= 11 is 0. The Morgan fingerprint density at radius 3 is 2.75 bits per heavy atom. The van der Waals surface area contributed by atoms with E-state index in [4.69, 9.17) is 11.5 Å². The van der Waals surface area contributed by atoms with Crippen LogP contribution in [0.1, 0.15) is 46.6 Å². The molecule has 0 saturated heterocycles. The molecule has 2 aromatic carbocycles. The Bertz CT molecular complexity index is 1220. The van der Waals surface area contributed by atoms with Gasteiger partial charge in [0, 0.05) is 30.5 Å². The quantitative estimate of drug-likeness (QED) is 0.391. The fourth-order valence-electron chi connectivity index (χ4n) is 4.16. The number of nitrogens with one attached hydrogen (secondary N) is 1. The first-order valence-corrected chi connectivity index (χ1v) is 10.9. The second-order valence-electron chi connectivity index (χ2n) is 8.34. The molecule has 0 aliphatic heterocycles. The molecule has 0 unspecified atom stereocenters. The molecule has 3 aromatic rings. The summed E-state index contributed by atoms with van der Waals surface area (Å²) in [6.45, 7) is 4.98. The van der Waals surface area contributed by atoms with Crippen LogP contribution in [0.5, 0.6) is 0 Å². The molecule has 1 aromatic heterocycles. The van der Waals surface area contributed by atoms with Crippen LogP contribution in [0.25, 0.3) is 10.8 Å². The normalized spacial score (nSPS) is 14.2. The smallest absolute Gasteiger partial charge is 0.254 e. The second-order valence-corrected chi connectivity index (χ2v) is 8.34.